The topological polar surface area (TPSA) is 56.5 Å². The van der Waals surface area contributed by atoms with Gasteiger partial charge in [0.05, 0.1) is 0 Å². The summed E-state index contributed by atoms with van der Waals surface area (Å²) in [6.07, 6.45) is 0. The van der Waals surface area contributed by atoms with E-state index in [1.165, 1.54) is 31.4 Å². The summed E-state index contributed by atoms with van der Waals surface area (Å²) < 4.78 is 4.78. The molecule has 0 spiro atoms. The Hall–Kier alpha value is -6.20. The van der Waals surface area contributed by atoms with Gasteiger partial charge in [0, 0.05) is 0 Å². The van der Waals surface area contributed by atoms with Crippen LogP contribution in [0.5, 0.6) is 0 Å². The van der Waals surface area contributed by atoms with E-state index in [1.807, 2.05) is 18.2 Å². The third-order valence-electron chi connectivity index (χ3n) is 9.26. The molecule has 7 aromatic carbocycles. The maximum atomic E-state index is 5.17. The van der Waals surface area contributed by atoms with Crippen LogP contribution in [0.2, 0.25) is 0 Å². The van der Waals surface area contributed by atoms with Crippen molar-refractivity contribution in [1.29, 1.82) is 0 Å². The van der Waals surface area contributed by atoms with E-state index < -0.39 is 0 Å². The maximum absolute atomic E-state index is 5.17. The zero-order valence-corrected chi connectivity index (χ0v) is 28.4. The van der Waals surface area contributed by atoms with Crippen LogP contribution >= 0.6 is 0 Å². The third kappa shape index (κ3) is 4.85. The molecular weight excluding hydrogens is 677 g/mol. The van der Waals surface area contributed by atoms with Crippen molar-refractivity contribution >= 4 is 56.9 Å². The average molecular weight is 705 g/mol. The van der Waals surface area contributed by atoms with Crippen molar-refractivity contribution in [3.63, 3.8) is 0 Å². The summed E-state index contributed by atoms with van der Waals surface area (Å²) in [4.78, 5) is 20.4. The molecule has 50 heavy (non-hydrogen) atoms. The standard InChI is InChI=1S/C44H27N5Se/c1-4-12-29(13-5-1)41-46-42(31-21-20-28-23-25-37-40(36(28)26-31)50-44(45-37)30-14-6-2-7-15-30)48-43(47-41)32-22-24-35-34-18-10-11-19-38(34)49(39(35)27-32)33-16-8-3-9-17-33/h1-27H. The number of rotatable bonds is 5. The quantitative estimate of drug-likeness (QED) is 0.167. The Morgan fingerprint density at radius 1 is 0.400 bits per heavy atom. The number of fused-ring (bicyclic) bond motifs is 6. The van der Waals surface area contributed by atoms with Gasteiger partial charge < -0.3 is 0 Å². The Bertz CT molecular complexity index is 2860. The first-order valence-electron chi connectivity index (χ1n) is 16.6. The van der Waals surface area contributed by atoms with Crippen LogP contribution in [0.25, 0.3) is 92.3 Å². The number of hydrogen-bond acceptors (Lipinski definition) is 4. The van der Waals surface area contributed by atoms with Gasteiger partial charge in [0.1, 0.15) is 0 Å². The zero-order valence-electron chi connectivity index (χ0n) is 26.7. The molecule has 5 nitrogen and oxygen atoms in total. The molecule has 0 saturated carbocycles. The molecule has 0 amide bonds. The molecule has 0 atom stereocenters. The van der Waals surface area contributed by atoms with E-state index in [-0.39, 0.29) is 14.5 Å². The van der Waals surface area contributed by atoms with E-state index in [1.54, 1.807) is 0 Å². The average Bonchev–Trinajstić information content (AvgIpc) is 3.78. The van der Waals surface area contributed by atoms with Crippen molar-refractivity contribution in [2.75, 3.05) is 0 Å². The van der Waals surface area contributed by atoms with Crippen molar-refractivity contribution in [3.05, 3.63) is 164 Å². The molecule has 0 saturated heterocycles. The molecule has 0 bridgehead atoms. The molecule has 234 valence electrons. The zero-order chi connectivity index (χ0) is 33.0. The molecule has 0 fully saturated rings. The first-order valence-corrected chi connectivity index (χ1v) is 18.3. The Morgan fingerprint density at radius 2 is 0.980 bits per heavy atom. The van der Waals surface area contributed by atoms with E-state index in [9.17, 15) is 0 Å². The fourth-order valence-electron chi connectivity index (χ4n) is 6.86. The van der Waals surface area contributed by atoms with Crippen LogP contribution in [0, 0.1) is 0 Å². The molecule has 0 unspecified atom stereocenters. The van der Waals surface area contributed by atoms with Gasteiger partial charge in [0.25, 0.3) is 0 Å². The van der Waals surface area contributed by atoms with Gasteiger partial charge in [-0.15, -0.1) is 0 Å². The Labute approximate surface area is 293 Å². The predicted molar refractivity (Wildman–Crippen MR) is 206 cm³/mol. The fourth-order valence-corrected chi connectivity index (χ4v) is 9.16. The van der Waals surface area contributed by atoms with E-state index in [0.717, 1.165) is 43.5 Å². The van der Waals surface area contributed by atoms with Gasteiger partial charge >= 0.3 is 241 Å². The van der Waals surface area contributed by atoms with Crippen LogP contribution in [0.4, 0.5) is 0 Å². The molecule has 0 radical (unpaired) electrons. The Morgan fingerprint density at radius 3 is 1.74 bits per heavy atom. The summed E-state index contributed by atoms with van der Waals surface area (Å²) in [5.41, 5.74) is 8.46. The van der Waals surface area contributed by atoms with Gasteiger partial charge in [-0.05, 0) is 18.2 Å². The molecule has 0 aliphatic rings. The van der Waals surface area contributed by atoms with Crippen molar-refractivity contribution in [2.45, 2.75) is 0 Å². The molecule has 0 aliphatic carbocycles. The number of hydrogen-bond donors (Lipinski definition) is 0. The molecule has 10 aromatic rings. The molecule has 10 rings (SSSR count). The van der Waals surface area contributed by atoms with Gasteiger partial charge in [-0.1, -0.05) is 36.4 Å². The Kier molecular flexibility index (Phi) is 6.76. The number of nitrogens with zero attached hydrogens (tertiary/aromatic N) is 5. The number of para-hydroxylation sites is 2. The summed E-state index contributed by atoms with van der Waals surface area (Å²) in [7, 11) is 0. The number of benzene rings is 7. The van der Waals surface area contributed by atoms with Crippen LogP contribution in [0.15, 0.2) is 164 Å². The molecule has 3 heterocycles. The van der Waals surface area contributed by atoms with E-state index >= 15 is 0 Å². The van der Waals surface area contributed by atoms with Gasteiger partial charge in [0.2, 0.25) is 0 Å². The third-order valence-corrected chi connectivity index (χ3v) is 11.7. The predicted octanol–water partition coefficient (Wildman–Crippen LogP) is 10.4. The van der Waals surface area contributed by atoms with Gasteiger partial charge in [-0.2, -0.15) is 0 Å². The van der Waals surface area contributed by atoms with Crippen molar-refractivity contribution in [1.82, 2.24) is 24.5 Å². The molecule has 3 aromatic heterocycles. The summed E-state index contributed by atoms with van der Waals surface area (Å²) in [5, 5.41) is 4.79. The van der Waals surface area contributed by atoms with Crippen LogP contribution in [0.1, 0.15) is 0 Å². The fraction of sp³-hybridized carbons (Fsp3) is 0. The summed E-state index contributed by atoms with van der Waals surface area (Å²) in [5.74, 6) is 1.93. The summed E-state index contributed by atoms with van der Waals surface area (Å²) in [6.45, 7) is 0. The monoisotopic (exact) mass is 705 g/mol. The van der Waals surface area contributed by atoms with Crippen LogP contribution < -0.4 is 0 Å². The van der Waals surface area contributed by atoms with E-state index in [2.05, 4.69) is 150 Å². The number of aromatic nitrogens is 5. The molecular formula is C44H27N5Se. The van der Waals surface area contributed by atoms with Gasteiger partial charge in [-0.3, -0.25) is 0 Å². The van der Waals surface area contributed by atoms with Crippen LogP contribution in [-0.2, 0) is 0 Å². The summed E-state index contributed by atoms with van der Waals surface area (Å²) in [6, 6.07) is 57.2. The van der Waals surface area contributed by atoms with Gasteiger partial charge in [-0.25, -0.2) is 0 Å². The van der Waals surface area contributed by atoms with Crippen molar-refractivity contribution < 1.29 is 0 Å². The normalized spacial score (nSPS) is 11.6. The van der Waals surface area contributed by atoms with Gasteiger partial charge in [0.15, 0.2) is 0 Å². The summed E-state index contributed by atoms with van der Waals surface area (Å²) >= 11 is 0.0842. The van der Waals surface area contributed by atoms with E-state index in [0.29, 0.717) is 17.5 Å². The second kappa shape index (κ2) is 11.7. The van der Waals surface area contributed by atoms with E-state index in [4.69, 9.17) is 19.9 Å². The van der Waals surface area contributed by atoms with Crippen molar-refractivity contribution in [2.24, 2.45) is 0 Å². The first-order chi connectivity index (χ1) is 24.8. The van der Waals surface area contributed by atoms with Crippen LogP contribution in [-0.4, -0.2) is 39.0 Å². The minimum absolute atomic E-state index is 0.0842. The molecule has 6 heteroatoms. The van der Waals surface area contributed by atoms with Crippen LogP contribution in [0.3, 0.4) is 0 Å². The molecule has 0 aliphatic heterocycles. The second-order valence-corrected chi connectivity index (χ2v) is 14.4. The first kappa shape index (κ1) is 28.8. The molecule has 0 N–H and O–H groups in total. The minimum atomic E-state index is 0.0842. The van der Waals surface area contributed by atoms with Crippen molar-refractivity contribution in [3.8, 4) is 50.0 Å². The second-order valence-electron chi connectivity index (χ2n) is 12.3. The SMILES string of the molecule is c1ccc(-c2nc(-c3ccc4ccc5nc(-c6ccccc6)[se]c5c4c3)nc(-c3ccc4c5ccccc5n(-c5ccccc5)c4c3)n2)cc1. The Balaban J connectivity index is 1.17.